The van der Waals surface area contributed by atoms with E-state index in [9.17, 15) is 21.6 Å². The van der Waals surface area contributed by atoms with Gasteiger partial charge in [0.05, 0.1) is 16.3 Å². The van der Waals surface area contributed by atoms with Crippen molar-refractivity contribution in [3.05, 3.63) is 92.9 Å². The number of nitrogens with zero attached hydrogens (tertiary/aromatic N) is 2. The van der Waals surface area contributed by atoms with Crippen molar-refractivity contribution in [2.45, 2.75) is 42.1 Å². The zero-order valence-corrected chi connectivity index (χ0v) is 25.3. The minimum atomic E-state index is -4.14. The van der Waals surface area contributed by atoms with Gasteiger partial charge in [-0.25, -0.2) is 16.8 Å². The highest BCUT2D eigenvalue weighted by Crippen LogP contribution is 2.28. The summed E-state index contributed by atoms with van der Waals surface area (Å²) < 4.78 is 55.2. The van der Waals surface area contributed by atoms with E-state index in [1.54, 1.807) is 30.3 Å². The first kappa shape index (κ1) is 30.8. The molecule has 8 nitrogen and oxygen atoms in total. The zero-order chi connectivity index (χ0) is 28.9. The predicted octanol–water partition coefficient (Wildman–Crippen LogP) is 5.33. The van der Waals surface area contributed by atoms with Crippen molar-refractivity contribution in [3.8, 4) is 0 Å². The van der Waals surface area contributed by atoms with Crippen LogP contribution in [0, 0.1) is 0 Å². The molecular formula is C27H28Cl3N3O5S2. The number of rotatable bonds is 10. The van der Waals surface area contributed by atoms with Crippen molar-refractivity contribution in [1.29, 1.82) is 0 Å². The van der Waals surface area contributed by atoms with E-state index in [-0.39, 0.29) is 32.9 Å². The number of piperidine rings is 1. The number of carbonyl (C=O) groups is 1. The van der Waals surface area contributed by atoms with Gasteiger partial charge in [0, 0.05) is 46.8 Å². The lowest BCUT2D eigenvalue weighted by atomic mass is 10.2. The largest absolute Gasteiger partial charge is 0.351 e. The van der Waals surface area contributed by atoms with Crippen LogP contribution in [0.25, 0.3) is 0 Å². The van der Waals surface area contributed by atoms with Crippen LogP contribution in [-0.4, -0.2) is 51.0 Å². The Morgan fingerprint density at radius 1 is 0.800 bits per heavy atom. The van der Waals surface area contributed by atoms with Crippen LogP contribution in [0.1, 0.15) is 30.4 Å². The number of sulfonamides is 2. The molecule has 3 aromatic rings. The van der Waals surface area contributed by atoms with Crippen molar-refractivity contribution in [2.24, 2.45) is 0 Å². The van der Waals surface area contributed by atoms with Gasteiger partial charge in [0.2, 0.25) is 26.0 Å². The Bertz CT molecular complexity index is 1540. The van der Waals surface area contributed by atoms with Crippen molar-refractivity contribution in [3.63, 3.8) is 0 Å². The first-order valence-electron chi connectivity index (χ1n) is 12.5. The molecule has 0 bridgehead atoms. The van der Waals surface area contributed by atoms with Gasteiger partial charge in [-0.1, -0.05) is 59.4 Å². The van der Waals surface area contributed by atoms with Gasteiger partial charge in [0.1, 0.15) is 0 Å². The van der Waals surface area contributed by atoms with Crippen LogP contribution in [-0.2, 0) is 37.9 Å². The molecule has 0 radical (unpaired) electrons. The van der Waals surface area contributed by atoms with Gasteiger partial charge in [-0.2, -0.15) is 8.61 Å². The molecule has 0 unspecified atom stereocenters. The molecule has 1 N–H and O–H groups in total. The second kappa shape index (κ2) is 13.2. The molecule has 1 saturated heterocycles. The van der Waals surface area contributed by atoms with E-state index < -0.39 is 32.5 Å². The normalized spacial score (nSPS) is 14.8. The van der Waals surface area contributed by atoms with Gasteiger partial charge in [0.25, 0.3) is 0 Å². The Hall–Kier alpha value is -2.18. The topological polar surface area (TPSA) is 104 Å². The number of hydrogen-bond acceptors (Lipinski definition) is 5. The van der Waals surface area contributed by atoms with Gasteiger partial charge < -0.3 is 5.32 Å². The van der Waals surface area contributed by atoms with E-state index in [0.717, 1.165) is 23.6 Å². The number of hydrogen-bond donors (Lipinski definition) is 1. The summed E-state index contributed by atoms with van der Waals surface area (Å²) in [7, 11) is -7.70. The predicted molar refractivity (Wildman–Crippen MR) is 156 cm³/mol. The zero-order valence-electron chi connectivity index (χ0n) is 21.4. The average molecular weight is 645 g/mol. The number of halogens is 3. The van der Waals surface area contributed by atoms with Crippen LogP contribution >= 0.6 is 34.8 Å². The SMILES string of the molecule is O=C(CN(Cc1c(Cl)cccc1Cl)S(=O)(=O)c1ccc(Cl)cc1)NCc1ccc(S(=O)(=O)N2CCCCC2)cc1. The summed E-state index contributed by atoms with van der Waals surface area (Å²) in [6, 6.07) is 16.7. The summed E-state index contributed by atoms with van der Waals surface area (Å²) in [4.78, 5) is 13.1. The summed E-state index contributed by atoms with van der Waals surface area (Å²) >= 11 is 18.5. The minimum Gasteiger partial charge on any atom is -0.351 e. The molecule has 40 heavy (non-hydrogen) atoms. The summed E-state index contributed by atoms with van der Waals surface area (Å²) in [6.07, 6.45) is 2.71. The van der Waals surface area contributed by atoms with Gasteiger partial charge in [-0.05, 0) is 66.9 Å². The smallest absolute Gasteiger partial charge is 0.243 e. The molecule has 1 aliphatic heterocycles. The van der Waals surface area contributed by atoms with Crippen molar-refractivity contribution < 1.29 is 21.6 Å². The first-order valence-corrected chi connectivity index (χ1v) is 16.5. The number of carbonyl (C=O) groups excluding carboxylic acids is 1. The molecule has 3 aromatic carbocycles. The van der Waals surface area contributed by atoms with Crippen LogP contribution in [0.5, 0.6) is 0 Å². The fourth-order valence-corrected chi connectivity index (χ4v) is 7.82. The number of amides is 1. The molecule has 1 fully saturated rings. The molecule has 214 valence electrons. The standard InChI is InChI=1S/C27H28Cl3N3O5S2/c28-21-9-13-23(14-10-21)40(37,38)33(18-24-25(29)5-4-6-26(24)30)19-27(34)31-17-20-7-11-22(12-8-20)39(35,36)32-15-2-1-3-16-32/h4-14H,1-3,15-19H2,(H,31,34). The van der Waals surface area contributed by atoms with Crippen molar-refractivity contribution >= 4 is 60.8 Å². The Morgan fingerprint density at radius 3 is 1.98 bits per heavy atom. The van der Waals surface area contributed by atoms with Crippen molar-refractivity contribution in [2.75, 3.05) is 19.6 Å². The highest BCUT2D eigenvalue weighted by molar-refractivity contribution is 7.89. The Labute approximate surface area is 249 Å². The van der Waals surface area contributed by atoms with E-state index in [4.69, 9.17) is 34.8 Å². The monoisotopic (exact) mass is 643 g/mol. The quantitative estimate of drug-likeness (QED) is 0.322. The number of benzene rings is 3. The van der Waals surface area contributed by atoms with E-state index in [2.05, 4.69) is 5.32 Å². The third-order valence-electron chi connectivity index (χ3n) is 6.53. The Balaban J connectivity index is 1.48. The van der Waals surface area contributed by atoms with E-state index >= 15 is 0 Å². The fourth-order valence-electron chi connectivity index (χ4n) is 4.29. The second-order valence-electron chi connectivity index (χ2n) is 9.31. The van der Waals surface area contributed by atoms with Crippen LogP contribution in [0.15, 0.2) is 76.5 Å². The summed E-state index contributed by atoms with van der Waals surface area (Å²) in [5, 5.41) is 3.61. The van der Waals surface area contributed by atoms with Crippen LogP contribution in [0.3, 0.4) is 0 Å². The maximum atomic E-state index is 13.5. The Kier molecular flexibility index (Phi) is 10.2. The molecule has 0 atom stereocenters. The summed E-state index contributed by atoms with van der Waals surface area (Å²) in [5.41, 5.74) is 1.02. The molecule has 0 saturated carbocycles. The van der Waals surface area contributed by atoms with Gasteiger partial charge in [0.15, 0.2) is 0 Å². The minimum absolute atomic E-state index is 0.0432. The third kappa shape index (κ3) is 7.36. The third-order valence-corrected chi connectivity index (χ3v) is 11.2. The lowest BCUT2D eigenvalue weighted by Crippen LogP contribution is -2.40. The highest BCUT2D eigenvalue weighted by atomic mass is 35.5. The maximum absolute atomic E-state index is 13.5. The molecular weight excluding hydrogens is 617 g/mol. The lowest BCUT2D eigenvalue weighted by Gasteiger charge is -2.25. The van der Waals surface area contributed by atoms with E-state index in [1.165, 1.54) is 40.7 Å². The Morgan fingerprint density at radius 2 is 1.38 bits per heavy atom. The van der Waals surface area contributed by atoms with Gasteiger partial charge in [-0.3, -0.25) is 4.79 Å². The summed E-state index contributed by atoms with van der Waals surface area (Å²) in [5.74, 6) is -0.564. The average Bonchev–Trinajstić information content (AvgIpc) is 2.94. The highest BCUT2D eigenvalue weighted by Gasteiger charge is 2.29. The second-order valence-corrected chi connectivity index (χ2v) is 14.4. The van der Waals surface area contributed by atoms with Gasteiger partial charge >= 0.3 is 0 Å². The van der Waals surface area contributed by atoms with Gasteiger partial charge in [-0.15, -0.1) is 0 Å². The molecule has 0 aliphatic carbocycles. The molecule has 1 amide bonds. The molecule has 0 spiro atoms. The lowest BCUT2D eigenvalue weighted by molar-refractivity contribution is -0.121. The molecule has 13 heteroatoms. The molecule has 0 aromatic heterocycles. The maximum Gasteiger partial charge on any atom is 0.243 e. The van der Waals surface area contributed by atoms with E-state index in [1.807, 2.05) is 0 Å². The van der Waals surface area contributed by atoms with Crippen LogP contribution in [0.4, 0.5) is 0 Å². The molecule has 1 heterocycles. The number of nitrogens with one attached hydrogen (secondary N) is 1. The first-order chi connectivity index (χ1) is 19.0. The summed E-state index contributed by atoms with van der Waals surface area (Å²) in [6.45, 7) is 0.350. The van der Waals surface area contributed by atoms with Crippen LogP contribution < -0.4 is 5.32 Å². The fraction of sp³-hybridized carbons (Fsp3) is 0.296. The van der Waals surface area contributed by atoms with Crippen LogP contribution in [0.2, 0.25) is 15.1 Å². The van der Waals surface area contributed by atoms with Crippen molar-refractivity contribution in [1.82, 2.24) is 13.9 Å². The molecule has 4 rings (SSSR count). The molecule has 1 aliphatic rings. The van der Waals surface area contributed by atoms with E-state index in [0.29, 0.717) is 29.2 Å².